The van der Waals surface area contributed by atoms with E-state index in [0.29, 0.717) is 0 Å². The van der Waals surface area contributed by atoms with Gasteiger partial charge in [-0.05, 0) is 18.2 Å². The average molecular weight is 210 g/mol. The van der Waals surface area contributed by atoms with Crippen LogP contribution in [0, 0.1) is 0 Å². The summed E-state index contributed by atoms with van der Waals surface area (Å²) in [5.41, 5.74) is 2.03. The molecule has 0 saturated heterocycles. The fraction of sp³-hybridized carbons (Fsp3) is 0.300. The Morgan fingerprint density at radius 3 is 2.93 bits per heavy atom. The van der Waals surface area contributed by atoms with Crippen molar-refractivity contribution in [2.75, 3.05) is 25.6 Å². The lowest BCUT2D eigenvalue weighted by molar-refractivity contribution is 0.387. The van der Waals surface area contributed by atoms with Gasteiger partial charge < -0.3 is 0 Å². The van der Waals surface area contributed by atoms with Gasteiger partial charge in [0, 0.05) is 25.3 Å². The predicted octanol–water partition coefficient (Wildman–Crippen LogP) is 2.34. The Balaban J connectivity index is 2.46. The van der Waals surface area contributed by atoms with Crippen LogP contribution in [0.15, 0.2) is 23.2 Å². The van der Waals surface area contributed by atoms with Crippen LogP contribution in [0.1, 0.15) is 0 Å². The summed E-state index contributed by atoms with van der Waals surface area (Å²) in [6.45, 7) is 0.807. The second-order valence-corrected chi connectivity index (χ2v) is 3.81. The zero-order valence-corrected chi connectivity index (χ0v) is 8.99. The van der Waals surface area contributed by atoms with Crippen LogP contribution in [0.4, 0.5) is 11.4 Å². The molecular weight excluding hydrogens is 198 g/mol. The van der Waals surface area contributed by atoms with Gasteiger partial charge in [-0.15, -0.1) is 0 Å². The molecule has 1 aromatic carbocycles. The third-order valence-electron chi connectivity index (χ3n) is 2.18. The lowest BCUT2D eigenvalue weighted by atomic mass is 10.2. The minimum atomic E-state index is 0.724. The molecule has 0 radical (unpaired) electrons. The van der Waals surface area contributed by atoms with Crippen LogP contribution in [-0.4, -0.2) is 31.9 Å². The summed E-state index contributed by atoms with van der Waals surface area (Å²) in [5, 5.41) is 4.90. The van der Waals surface area contributed by atoms with Crippen LogP contribution in [0.25, 0.3) is 0 Å². The van der Waals surface area contributed by atoms with Gasteiger partial charge in [0.05, 0.1) is 17.9 Å². The SMILES string of the molecule is CN(C)N1CC=Nc2cc(Cl)ccc21. The fourth-order valence-electron chi connectivity index (χ4n) is 1.51. The van der Waals surface area contributed by atoms with Crippen molar-refractivity contribution in [2.24, 2.45) is 4.99 Å². The first kappa shape index (κ1) is 9.49. The summed E-state index contributed by atoms with van der Waals surface area (Å²) in [6.07, 6.45) is 1.89. The lowest BCUT2D eigenvalue weighted by Gasteiger charge is -2.32. The number of benzene rings is 1. The van der Waals surface area contributed by atoms with Gasteiger partial charge in [0.1, 0.15) is 0 Å². The number of nitrogens with zero attached hydrogens (tertiary/aromatic N) is 3. The molecule has 0 unspecified atom stereocenters. The number of hydrazine groups is 1. The second-order valence-electron chi connectivity index (χ2n) is 3.37. The zero-order chi connectivity index (χ0) is 10.1. The van der Waals surface area contributed by atoms with Gasteiger partial charge in [-0.25, -0.2) is 5.01 Å². The van der Waals surface area contributed by atoms with Gasteiger partial charge in [0.25, 0.3) is 0 Å². The Morgan fingerprint density at radius 2 is 2.21 bits per heavy atom. The van der Waals surface area contributed by atoms with E-state index < -0.39 is 0 Å². The van der Waals surface area contributed by atoms with Crippen molar-refractivity contribution >= 4 is 29.2 Å². The molecule has 1 aromatic rings. The van der Waals surface area contributed by atoms with Crippen LogP contribution >= 0.6 is 11.6 Å². The van der Waals surface area contributed by atoms with Crippen molar-refractivity contribution in [3.05, 3.63) is 23.2 Å². The van der Waals surface area contributed by atoms with Crippen LogP contribution in [0.3, 0.4) is 0 Å². The zero-order valence-electron chi connectivity index (χ0n) is 8.24. The molecule has 1 aliphatic heterocycles. The van der Waals surface area contributed by atoms with Crippen molar-refractivity contribution in [1.29, 1.82) is 0 Å². The molecular formula is C10H12ClN3. The number of hydrogen-bond donors (Lipinski definition) is 0. The van der Waals surface area contributed by atoms with Crippen molar-refractivity contribution in [2.45, 2.75) is 0 Å². The average Bonchev–Trinajstić information content (AvgIpc) is 2.16. The first-order valence-corrected chi connectivity index (χ1v) is 4.83. The minimum Gasteiger partial charge on any atom is -0.299 e. The maximum absolute atomic E-state index is 5.90. The molecule has 0 N–H and O–H groups in total. The summed E-state index contributed by atoms with van der Waals surface area (Å²) in [7, 11) is 4.02. The maximum atomic E-state index is 5.90. The van der Waals surface area contributed by atoms with Gasteiger partial charge in [0.2, 0.25) is 0 Å². The number of rotatable bonds is 1. The third kappa shape index (κ3) is 1.61. The summed E-state index contributed by atoms with van der Waals surface area (Å²) in [6, 6.07) is 5.76. The highest BCUT2D eigenvalue weighted by Gasteiger charge is 2.15. The number of hydrogen-bond acceptors (Lipinski definition) is 3. The normalized spacial score (nSPS) is 14.7. The molecule has 1 aliphatic rings. The van der Waals surface area contributed by atoms with E-state index in [0.717, 1.165) is 22.9 Å². The monoisotopic (exact) mass is 209 g/mol. The molecule has 1 heterocycles. The molecule has 0 bridgehead atoms. The van der Waals surface area contributed by atoms with E-state index in [-0.39, 0.29) is 0 Å². The van der Waals surface area contributed by atoms with Crippen LogP contribution in [0.2, 0.25) is 5.02 Å². The molecule has 4 heteroatoms. The summed E-state index contributed by atoms with van der Waals surface area (Å²) < 4.78 is 0. The molecule has 2 rings (SSSR count). The molecule has 14 heavy (non-hydrogen) atoms. The van der Waals surface area contributed by atoms with E-state index in [2.05, 4.69) is 10.0 Å². The highest BCUT2D eigenvalue weighted by Crippen LogP contribution is 2.33. The first-order valence-electron chi connectivity index (χ1n) is 4.45. The molecule has 0 atom stereocenters. The van der Waals surface area contributed by atoms with Crippen LogP contribution in [-0.2, 0) is 0 Å². The van der Waals surface area contributed by atoms with E-state index in [1.807, 2.05) is 43.5 Å². The first-order chi connectivity index (χ1) is 6.68. The molecule has 74 valence electrons. The molecule has 0 saturated carbocycles. The second kappa shape index (κ2) is 3.59. The van der Waals surface area contributed by atoms with Gasteiger partial charge in [-0.2, -0.15) is 0 Å². The summed E-state index contributed by atoms with van der Waals surface area (Å²) in [4.78, 5) is 4.31. The lowest BCUT2D eigenvalue weighted by Crippen LogP contribution is -2.39. The standard InChI is InChI=1S/C10H12ClN3/c1-13(2)14-6-5-12-9-7-8(11)3-4-10(9)14/h3-5,7H,6H2,1-2H3. The maximum Gasteiger partial charge on any atom is 0.0888 e. The molecule has 0 fully saturated rings. The quantitative estimate of drug-likeness (QED) is 0.707. The van der Waals surface area contributed by atoms with E-state index in [1.54, 1.807) is 0 Å². The number of aliphatic imine (C=N–C) groups is 1. The topological polar surface area (TPSA) is 18.8 Å². The smallest absolute Gasteiger partial charge is 0.0888 e. The van der Waals surface area contributed by atoms with Gasteiger partial charge >= 0.3 is 0 Å². The molecule has 0 amide bonds. The number of anilines is 1. The van der Waals surface area contributed by atoms with Gasteiger partial charge in [-0.1, -0.05) is 11.6 Å². The van der Waals surface area contributed by atoms with Gasteiger partial charge in [-0.3, -0.25) is 10.0 Å². The molecule has 3 nitrogen and oxygen atoms in total. The summed E-state index contributed by atoms with van der Waals surface area (Å²) >= 11 is 5.90. The van der Waals surface area contributed by atoms with E-state index in [1.165, 1.54) is 0 Å². The van der Waals surface area contributed by atoms with E-state index in [4.69, 9.17) is 11.6 Å². The Bertz CT molecular complexity index is 374. The third-order valence-corrected chi connectivity index (χ3v) is 2.42. The summed E-state index contributed by atoms with van der Waals surface area (Å²) in [5.74, 6) is 0. The van der Waals surface area contributed by atoms with E-state index >= 15 is 0 Å². The predicted molar refractivity (Wildman–Crippen MR) is 60.6 cm³/mol. The molecule has 0 spiro atoms. The Morgan fingerprint density at radius 1 is 1.43 bits per heavy atom. The Hall–Kier alpha value is -1.06. The molecule has 0 aliphatic carbocycles. The largest absolute Gasteiger partial charge is 0.299 e. The number of fused-ring (bicyclic) bond motifs is 1. The van der Waals surface area contributed by atoms with Crippen LogP contribution in [0.5, 0.6) is 0 Å². The highest BCUT2D eigenvalue weighted by molar-refractivity contribution is 6.31. The van der Waals surface area contributed by atoms with Crippen LogP contribution < -0.4 is 5.01 Å². The highest BCUT2D eigenvalue weighted by atomic mass is 35.5. The Kier molecular flexibility index (Phi) is 2.44. The van der Waals surface area contributed by atoms with E-state index in [9.17, 15) is 0 Å². The van der Waals surface area contributed by atoms with Crippen molar-refractivity contribution in [1.82, 2.24) is 5.01 Å². The molecule has 0 aromatic heterocycles. The number of halogens is 1. The Labute approximate surface area is 88.6 Å². The van der Waals surface area contributed by atoms with Crippen molar-refractivity contribution in [3.8, 4) is 0 Å². The van der Waals surface area contributed by atoms with Crippen molar-refractivity contribution in [3.63, 3.8) is 0 Å². The fourth-order valence-corrected chi connectivity index (χ4v) is 1.68. The van der Waals surface area contributed by atoms with Crippen molar-refractivity contribution < 1.29 is 0 Å². The van der Waals surface area contributed by atoms with Gasteiger partial charge in [0.15, 0.2) is 0 Å². The minimum absolute atomic E-state index is 0.724.